The molecule has 5 rings (SSSR count). The van der Waals surface area contributed by atoms with Crippen molar-refractivity contribution in [3.63, 3.8) is 0 Å². The molecule has 2 aliphatic heterocycles. The first kappa shape index (κ1) is 23.3. The van der Waals surface area contributed by atoms with Gasteiger partial charge in [0.1, 0.15) is 18.1 Å². The van der Waals surface area contributed by atoms with Gasteiger partial charge in [-0.3, -0.25) is 9.59 Å². The van der Waals surface area contributed by atoms with E-state index < -0.39 is 17.7 Å². The highest BCUT2D eigenvalue weighted by atomic mass is 32.1. The van der Waals surface area contributed by atoms with E-state index in [-0.39, 0.29) is 17.4 Å². The van der Waals surface area contributed by atoms with E-state index in [2.05, 4.69) is 0 Å². The third-order valence-electron chi connectivity index (χ3n) is 6.46. The van der Waals surface area contributed by atoms with Crippen molar-refractivity contribution in [3.8, 4) is 5.75 Å². The minimum atomic E-state index is -0.666. The number of aliphatic hydroxyl groups excluding tert-OH is 1. The second kappa shape index (κ2) is 10.1. The van der Waals surface area contributed by atoms with Gasteiger partial charge in [-0.05, 0) is 60.5 Å². The summed E-state index contributed by atoms with van der Waals surface area (Å²) in [5.74, 6) is -0.741. The molecular formula is C28H27NO5S. The predicted octanol–water partition coefficient (Wildman–Crippen LogP) is 5.24. The summed E-state index contributed by atoms with van der Waals surface area (Å²) in [6.45, 7) is 3.31. The number of benzene rings is 2. The second-order valence-corrected chi connectivity index (χ2v) is 9.84. The maximum Gasteiger partial charge on any atom is 0.295 e. The molecule has 0 radical (unpaired) electrons. The van der Waals surface area contributed by atoms with Crippen molar-refractivity contribution in [2.24, 2.45) is 0 Å². The predicted molar refractivity (Wildman–Crippen MR) is 134 cm³/mol. The van der Waals surface area contributed by atoms with Crippen LogP contribution in [-0.4, -0.2) is 41.0 Å². The number of amides is 1. The second-order valence-electron chi connectivity index (χ2n) is 8.86. The molecule has 1 aromatic heterocycles. The Morgan fingerprint density at radius 3 is 2.66 bits per heavy atom. The number of aliphatic hydroxyl groups is 1. The van der Waals surface area contributed by atoms with Crippen LogP contribution in [0.2, 0.25) is 0 Å². The lowest BCUT2D eigenvalue weighted by atomic mass is 9.98. The Morgan fingerprint density at radius 2 is 1.97 bits per heavy atom. The number of carbonyl (C=O) groups is 2. The van der Waals surface area contributed by atoms with Gasteiger partial charge in [0.2, 0.25) is 0 Å². The molecule has 3 aromatic rings. The zero-order valence-corrected chi connectivity index (χ0v) is 20.3. The summed E-state index contributed by atoms with van der Waals surface area (Å²) in [5, 5.41) is 13.2. The lowest BCUT2D eigenvalue weighted by molar-refractivity contribution is -0.140. The minimum absolute atomic E-state index is 0.0982. The van der Waals surface area contributed by atoms with Crippen LogP contribution in [0.1, 0.15) is 40.5 Å². The molecule has 2 fully saturated rings. The van der Waals surface area contributed by atoms with Gasteiger partial charge < -0.3 is 19.5 Å². The molecule has 0 saturated carbocycles. The highest BCUT2D eigenvalue weighted by Gasteiger charge is 2.47. The molecule has 0 bridgehead atoms. The highest BCUT2D eigenvalue weighted by Crippen LogP contribution is 2.42. The number of likely N-dealkylation sites (tertiary alicyclic amines) is 1. The van der Waals surface area contributed by atoms with E-state index in [4.69, 9.17) is 9.47 Å². The maximum atomic E-state index is 13.2. The summed E-state index contributed by atoms with van der Waals surface area (Å²) in [7, 11) is 0. The summed E-state index contributed by atoms with van der Waals surface area (Å²) in [4.78, 5) is 28.6. The third-order valence-corrected chi connectivity index (χ3v) is 7.39. The van der Waals surface area contributed by atoms with Gasteiger partial charge in [0.15, 0.2) is 0 Å². The fraction of sp³-hybridized carbons (Fsp3) is 0.286. The topological polar surface area (TPSA) is 76.1 Å². The number of aryl methyl sites for hydroxylation is 1. The number of carbonyl (C=O) groups excluding carboxylic acids is 2. The molecule has 3 heterocycles. The van der Waals surface area contributed by atoms with Crippen molar-refractivity contribution < 1.29 is 24.2 Å². The number of Topliss-reactive ketones (excluding diaryl/α,β-unsaturated/α-hetero) is 1. The molecule has 1 amide bonds. The van der Waals surface area contributed by atoms with Gasteiger partial charge in [0, 0.05) is 23.6 Å². The molecule has 2 aromatic carbocycles. The molecule has 2 aliphatic rings. The van der Waals surface area contributed by atoms with Crippen LogP contribution >= 0.6 is 11.3 Å². The number of hydrogen-bond donors (Lipinski definition) is 1. The van der Waals surface area contributed by atoms with Crippen molar-refractivity contribution in [2.45, 2.75) is 38.5 Å². The Kier molecular flexibility index (Phi) is 6.70. The summed E-state index contributed by atoms with van der Waals surface area (Å²) >= 11 is 1.46. The van der Waals surface area contributed by atoms with Crippen LogP contribution in [0, 0.1) is 6.92 Å². The molecular weight excluding hydrogens is 462 g/mol. The normalized spacial score (nSPS) is 21.6. The van der Waals surface area contributed by atoms with E-state index in [1.807, 2.05) is 54.8 Å². The number of thiophene rings is 1. The number of hydrogen-bond acceptors (Lipinski definition) is 6. The van der Waals surface area contributed by atoms with Gasteiger partial charge in [-0.2, -0.15) is 0 Å². The first-order chi connectivity index (χ1) is 17.0. The van der Waals surface area contributed by atoms with Crippen molar-refractivity contribution in [3.05, 3.63) is 93.2 Å². The first-order valence-corrected chi connectivity index (χ1v) is 12.6. The Morgan fingerprint density at radius 1 is 1.14 bits per heavy atom. The van der Waals surface area contributed by atoms with Gasteiger partial charge in [0.05, 0.1) is 17.7 Å². The number of ether oxygens (including phenoxy) is 2. The molecule has 2 atom stereocenters. The average Bonchev–Trinajstić information content (AvgIpc) is 3.63. The highest BCUT2D eigenvalue weighted by molar-refractivity contribution is 7.10. The molecule has 6 nitrogen and oxygen atoms in total. The lowest BCUT2D eigenvalue weighted by Crippen LogP contribution is -2.36. The maximum absolute atomic E-state index is 13.2. The third kappa shape index (κ3) is 4.74. The van der Waals surface area contributed by atoms with Gasteiger partial charge >= 0.3 is 0 Å². The zero-order valence-electron chi connectivity index (χ0n) is 19.5. The molecule has 2 saturated heterocycles. The van der Waals surface area contributed by atoms with E-state index in [1.165, 1.54) is 11.3 Å². The summed E-state index contributed by atoms with van der Waals surface area (Å²) in [5.41, 5.74) is 2.48. The Labute approximate surface area is 208 Å². The van der Waals surface area contributed by atoms with Crippen LogP contribution in [0.5, 0.6) is 5.75 Å². The van der Waals surface area contributed by atoms with Crippen molar-refractivity contribution in [2.75, 3.05) is 13.2 Å². The summed E-state index contributed by atoms with van der Waals surface area (Å²) < 4.78 is 11.7. The fourth-order valence-corrected chi connectivity index (χ4v) is 5.51. The minimum Gasteiger partial charge on any atom is -0.507 e. The van der Waals surface area contributed by atoms with Crippen molar-refractivity contribution in [1.82, 2.24) is 4.90 Å². The van der Waals surface area contributed by atoms with Crippen LogP contribution < -0.4 is 4.74 Å². The molecule has 0 aliphatic carbocycles. The van der Waals surface area contributed by atoms with Crippen LogP contribution in [0.15, 0.2) is 71.6 Å². The largest absolute Gasteiger partial charge is 0.507 e. The van der Waals surface area contributed by atoms with Gasteiger partial charge in [-0.1, -0.05) is 36.4 Å². The average molecular weight is 490 g/mol. The van der Waals surface area contributed by atoms with Crippen molar-refractivity contribution in [1.29, 1.82) is 0 Å². The van der Waals surface area contributed by atoms with E-state index in [0.717, 1.165) is 28.8 Å². The monoisotopic (exact) mass is 489 g/mol. The quantitative estimate of drug-likeness (QED) is 0.279. The van der Waals surface area contributed by atoms with Crippen LogP contribution in [0.25, 0.3) is 5.76 Å². The van der Waals surface area contributed by atoms with E-state index >= 15 is 0 Å². The Bertz CT molecular complexity index is 1250. The van der Waals surface area contributed by atoms with Crippen LogP contribution in [-0.2, 0) is 20.9 Å². The molecule has 0 spiro atoms. The molecule has 180 valence electrons. The van der Waals surface area contributed by atoms with Gasteiger partial charge in [-0.25, -0.2) is 0 Å². The summed E-state index contributed by atoms with van der Waals surface area (Å²) in [6, 6.07) is 18.3. The van der Waals surface area contributed by atoms with Crippen LogP contribution in [0.3, 0.4) is 0 Å². The van der Waals surface area contributed by atoms with Crippen LogP contribution in [0.4, 0.5) is 0 Å². The van der Waals surface area contributed by atoms with E-state index in [0.29, 0.717) is 31.1 Å². The van der Waals surface area contributed by atoms with Gasteiger partial charge in [0.25, 0.3) is 11.7 Å². The smallest absolute Gasteiger partial charge is 0.295 e. The molecule has 7 heteroatoms. The van der Waals surface area contributed by atoms with E-state index in [9.17, 15) is 14.7 Å². The zero-order chi connectivity index (χ0) is 24.4. The standard InChI is InChI=1S/C28H27NO5S/c1-18-15-20(11-12-22(18)34-17-19-7-3-2-4-8-19)26(30)24-25(23-10-6-14-35-23)29(28(32)27(24)31)16-21-9-5-13-33-21/h2-4,6-8,10-12,14-15,21,25,30H,5,9,13,16-17H2,1H3/b26-24-. The molecule has 1 N–H and O–H groups in total. The fourth-order valence-electron chi connectivity index (χ4n) is 4.67. The first-order valence-electron chi connectivity index (χ1n) is 11.7. The number of ketones is 1. The number of rotatable bonds is 7. The molecule has 2 unspecified atom stereocenters. The van der Waals surface area contributed by atoms with E-state index in [1.54, 1.807) is 23.1 Å². The Hall–Kier alpha value is -3.42. The lowest BCUT2D eigenvalue weighted by Gasteiger charge is -2.26. The van der Waals surface area contributed by atoms with Gasteiger partial charge in [-0.15, -0.1) is 11.3 Å². The molecule has 35 heavy (non-hydrogen) atoms. The number of nitrogens with zero attached hydrogens (tertiary/aromatic N) is 1. The summed E-state index contributed by atoms with van der Waals surface area (Å²) in [6.07, 6.45) is 1.69. The SMILES string of the molecule is Cc1cc(/C(O)=C2/C(=O)C(=O)N(CC3CCCO3)C2c2cccs2)ccc1OCc1ccccc1. The van der Waals surface area contributed by atoms with Crippen molar-refractivity contribution >= 4 is 28.8 Å². The Balaban J connectivity index is 1.45.